The number of hydrogen-bond donors (Lipinski definition) is 1. The van der Waals surface area contributed by atoms with Gasteiger partial charge in [-0.3, -0.25) is 9.78 Å². The van der Waals surface area contributed by atoms with Crippen LogP contribution in [-0.2, 0) is 24.9 Å². The van der Waals surface area contributed by atoms with E-state index in [1.807, 2.05) is 18.5 Å². The number of aliphatic hydroxyl groups is 1. The number of allylic oxidation sites excluding steroid dienone is 2. The number of ketones is 1. The first-order valence-electron chi connectivity index (χ1n) is 9.26. The number of benzene rings is 2. The monoisotopic (exact) mass is 582 g/mol. The van der Waals surface area contributed by atoms with Gasteiger partial charge in [-0.15, -0.1) is 29.7 Å². The van der Waals surface area contributed by atoms with Crippen LogP contribution in [0, 0.1) is 6.07 Å². The summed E-state index contributed by atoms with van der Waals surface area (Å²) in [6.45, 7) is 10.0. The van der Waals surface area contributed by atoms with E-state index in [4.69, 9.17) is 5.11 Å². The summed E-state index contributed by atoms with van der Waals surface area (Å²) in [4.78, 5) is 14.5. The summed E-state index contributed by atoms with van der Waals surface area (Å²) in [5, 5.41) is 13.5. The molecule has 6 heteroatoms. The zero-order chi connectivity index (χ0) is 20.5. The van der Waals surface area contributed by atoms with Crippen LogP contribution in [0.2, 0.25) is 19.6 Å². The van der Waals surface area contributed by atoms with Gasteiger partial charge in [0, 0.05) is 44.1 Å². The van der Waals surface area contributed by atoms with Crippen molar-refractivity contribution < 1.29 is 30.0 Å². The van der Waals surface area contributed by atoms with Gasteiger partial charge in [0.2, 0.25) is 0 Å². The van der Waals surface area contributed by atoms with Gasteiger partial charge in [0.1, 0.15) is 0 Å². The molecular weight excluding hydrogens is 557 g/mol. The third kappa shape index (κ3) is 5.02. The average Bonchev–Trinajstić information content (AvgIpc) is 3.10. The number of aromatic nitrogens is 2. The molecule has 0 saturated carbocycles. The summed E-state index contributed by atoms with van der Waals surface area (Å²) in [5.74, 6) is -0.0625. The molecule has 153 valence electrons. The minimum absolute atomic E-state index is 0. The van der Waals surface area contributed by atoms with Gasteiger partial charge in [0.15, 0.2) is 5.78 Å². The smallest absolute Gasteiger partial charge is 0.155 e. The Labute approximate surface area is 185 Å². The summed E-state index contributed by atoms with van der Waals surface area (Å²) in [6.07, 6.45) is 5.06. The first-order chi connectivity index (χ1) is 13.2. The summed E-state index contributed by atoms with van der Waals surface area (Å²) >= 11 is 0. The quantitative estimate of drug-likeness (QED) is 0.119. The molecule has 2 aromatic carbocycles. The van der Waals surface area contributed by atoms with Crippen LogP contribution >= 0.6 is 0 Å². The van der Waals surface area contributed by atoms with Crippen molar-refractivity contribution in [2.24, 2.45) is 0 Å². The number of aliphatic hydroxyl groups excluding tert-OH is 1. The predicted molar refractivity (Wildman–Crippen MR) is 119 cm³/mol. The molecule has 29 heavy (non-hydrogen) atoms. The Morgan fingerprint density at radius 1 is 1.17 bits per heavy atom. The Bertz CT molecular complexity index is 1200. The van der Waals surface area contributed by atoms with Crippen LogP contribution in [0.15, 0.2) is 60.6 Å². The SMILES string of the molecule is CC(=O)/C=C(/C)O.C[Si](C)(C)c1ccc2c(c1)c1ccc[c-]c1c1nccn21.[Ir]. The van der Waals surface area contributed by atoms with Gasteiger partial charge in [0.05, 0.1) is 19.5 Å². The maximum absolute atomic E-state index is 10.0. The molecule has 0 aliphatic rings. The van der Waals surface area contributed by atoms with E-state index in [1.165, 1.54) is 41.4 Å². The average molecular weight is 582 g/mol. The summed E-state index contributed by atoms with van der Waals surface area (Å²) in [6, 6.07) is 16.5. The van der Waals surface area contributed by atoms with Gasteiger partial charge in [-0.1, -0.05) is 42.3 Å². The molecule has 2 heterocycles. The van der Waals surface area contributed by atoms with E-state index in [0.717, 1.165) is 11.0 Å². The molecule has 4 nitrogen and oxygen atoms in total. The fraction of sp³-hybridized carbons (Fsp3) is 0.217. The van der Waals surface area contributed by atoms with E-state index in [1.54, 1.807) is 0 Å². The largest absolute Gasteiger partial charge is 0.512 e. The number of imidazole rings is 1. The number of carbonyl (C=O) groups excluding carboxylic acids is 1. The van der Waals surface area contributed by atoms with Crippen LogP contribution in [0.3, 0.4) is 0 Å². The third-order valence-electron chi connectivity index (χ3n) is 4.54. The molecule has 0 unspecified atom stereocenters. The van der Waals surface area contributed by atoms with E-state index in [0.29, 0.717) is 0 Å². The molecule has 0 bridgehead atoms. The third-order valence-corrected chi connectivity index (χ3v) is 6.59. The number of nitrogens with zero attached hydrogens (tertiary/aromatic N) is 2. The van der Waals surface area contributed by atoms with Gasteiger partial charge in [-0.25, -0.2) is 0 Å². The van der Waals surface area contributed by atoms with E-state index >= 15 is 0 Å². The summed E-state index contributed by atoms with van der Waals surface area (Å²) < 4.78 is 2.17. The number of rotatable bonds is 2. The molecule has 4 aromatic rings. The van der Waals surface area contributed by atoms with Crippen molar-refractivity contribution in [1.82, 2.24) is 9.38 Å². The molecule has 0 spiro atoms. The topological polar surface area (TPSA) is 54.6 Å². The molecular formula is C23H25IrN2O2Si-. The zero-order valence-electron chi connectivity index (χ0n) is 17.3. The van der Waals surface area contributed by atoms with Gasteiger partial charge in [-0.2, -0.15) is 0 Å². The van der Waals surface area contributed by atoms with Gasteiger partial charge >= 0.3 is 0 Å². The van der Waals surface area contributed by atoms with Crippen molar-refractivity contribution in [2.45, 2.75) is 33.5 Å². The zero-order valence-corrected chi connectivity index (χ0v) is 20.7. The van der Waals surface area contributed by atoms with Crippen molar-refractivity contribution in [3.05, 3.63) is 66.7 Å². The molecule has 0 aliphatic heterocycles. The Morgan fingerprint density at radius 3 is 2.48 bits per heavy atom. The van der Waals surface area contributed by atoms with Crippen molar-refractivity contribution in [2.75, 3.05) is 0 Å². The molecule has 0 saturated heterocycles. The van der Waals surface area contributed by atoms with Gasteiger partial charge < -0.3 is 9.51 Å². The Morgan fingerprint density at radius 2 is 1.90 bits per heavy atom. The molecule has 0 atom stereocenters. The van der Waals surface area contributed by atoms with Crippen molar-refractivity contribution in [3.8, 4) is 0 Å². The first kappa shape index (κ1) is 23.0. The maximum Gasteiger partial charge on any atom is 0.155 e. The second-order valence-corrected chi connectivity index (χ2v) is 13.0. The van der Waals surface area contributed by atoms with E-state index in [2.05, 4.69) is 65.4 Å². The maximum atomic E-state index is 10.0. The van der Waals surface area contributed by atoms with Gasteiger partial charge in [-0.05, 0) is 25.3 Å². The molecule has 2 aromatic heterocycles. The van der Waals surface area contributed by atoms with Crippen LogP contribution in [-0.4, -0.2) is 28.3 Å². The molecule has 0 aliphatic carbocycles. The first-order valence-corrected chi connectivity index (χ1v) is 12.8. The van der Waals surface area contributed by atoms with Crippen LogP contribution in [0.25, 0.3) is 27.3 Å². The Kier molecular flexibility index (Phi) is 7.17. The molecule has 0 fully saturated rings. The minimum Gasteiger partial charge on any atom is -0.512 e. The van der Waals surface area contributed by atoms with Crippen LogP contribution in [0.5, 0.6) is 0 Å². The molecule has 1 radical (unpaired) electrons. The summed E-state index contributed by atoms with van der Waals surface area (Å²) in [7, 11) is -1.32. The Balaban J connectivity index is 0.000000327. The molecule has 0 amide bonds. The summed E-state index contributed by atoms with van der Waals surface area (Å²) in [5.41, 5.74) is 2.20. The number of hydrogen-bond acceptors (Lipinski definition) is 3. The standard InChI is InChI=1S/C18H17N2Si.C5H8O2.Ir/c1-21(2,3)13-8-9-17-16(12-13)14-6-4-5-7-15(14)18-19-10-11-20(17)18;1-4(6)3-5(2)7;/h4-6,8-12H,1-3H3;3,6H,1-2H3;/q-1;;/b;4-3-;. The Hall–Kier alpha value is -2.27. The van der Waals surface area contributed by atoms with Crippen LogP contribution < -0.4 is 5.19 Å². The minimum atomic E-state index is -1.32. The van der Waals surface area contributed by atoms with E-state index in [-0.39, 0.29) is 31.6 Å². The molecule has 1 N–H and O–H groups in total. The molecule has 4 rings (SSSR count). The van der Waals surface area contributed by atoms with E-state index in [9.17, 15) is 4.79 Å². The normalized spacial score (nSPS) is 11.8. The number of fused-ring (bicyclic) bond motifs is 6. The van der Waals surface area contributed by atoms with E-state index < -0.39 is 8.07 Å². The number of pyridine rings is 1. The van der Waals surface area contributed by atoms with Crippen molar-refractivity contribution in [3.63, 3.8) is 0 Å². The van der Waals surface area contributed by atoms with Crippen LogP contribution in [0.1, 0.15) is 13.8 Å². The number of carbonyl (C=O) groups is 1. The fourth-order valence-corrected chi connectivity index (χ4v) is 4.41. The van der Waals surface area contributed by atoms with Gasteiger partial charge in [0.25, 0.3) is 0 Å². The second kappa shape index (κ2) is 9.03. The van der Waals surface area contributed by atoms with Crippen LogP contribution in [0.4, 0.5) is 0 Å². The fourth-order valence-electron chi connectivity index (χ4n) is 3.25. The predicted octanol–water partition coefficient (Wildman–Crippen LogP) is 5.02. The van der Waals surface area contributed by atoms with Crippen molar-refractivity contribution in [1.29, 1.82) is 0 Å². The van der Waals surface area contributed by atoms with Crippen molar-refractivity contribution >= 4 is 46.4 Å². The second-order valence-electron chi connectivity index (χ2n) is 7.96.